The molecule has 106 valence electrons. The van der Waals surface area contributed by atoms with Crippen molar-refractivity contribution < 1.29 is 4.79 Å². The zero-order chi connectivity index (χ0) is 14.7. The number of halogens is 1. The Bertz CT molecular complexity index is 622. The molecule has 0 spiro atoms. The summed E-state index contributed by atoms with van der Waals surface area (Å²) >= 11 is 3.43. The van der Waals surface area contributed by atoms with Crippen LogP contribution in [0.25, 0.3) is 0 Å². The maximum absolute atomic E-state index is 11.3. The van der Waals surface area contributed by atoms with Crippen LogP contribution in [0.15, 0.2) is 28.9 Å². The summed E-state index contributed by atoms with van der Waals surface area (Å²) in [6.07, 6.45) is 2.73. The van der Waals surface area contributed by atoms with Gasteiger partial charge in [-0.3, -0.25) is 9.48 Å². The molecule has 0 saturated heterocycles. The first kappa shape index (κ1) is 14.8. The summed E-state index contributed by atoms with van der Waals surface area (Å²) in [5.74, 6) is 0. The van der Waals surface area contributed by atoms with E-state index in [1.165, 1.54) is 5.56 Å². The fraction of sp³-hybridized carbons (Fsp3) is 0.333. The molecule has 0 bridgehead atoms. The largest absolute Gasteiger partial charge is 0.313 e. The van der Waals surface area contributed by atoms with E-state index < -0.39 is 0 Å². The van der Waals surface area contributed by atoms with Crippen molar-refractivity contribution in [1.29, 1.82) is 0 Å². The van der Waals surface area contributed by atoms with E-state index in [-0.39, 0.29) is 0 Å². The van der Waals surface area contributed by atoms with Gasteiger partial charge in [-0.2, -0.15) is 5.10 Å². The Morgan fingerprint density at radius 1 is 1.30 bits per heavy atom. The summed E-state index contributed by atoms with van der Waals surface area (Å²) in [7, 11) is 0. The summed E-state index contributed by atoms with van der Waals surface area (Å²) in [5, 5.41) is 4.32. The van der Waals surface area contributed by atoms with Crippen molar-refractivity contribution in [1.82, 2.24) is 9.78 Å². The van der Waals surface area contributed by atoms with Gasteiger partial charge in [0, 0.05) is 22.4 Å². The van der Waals surface area contributed by atoms with Gasteiger partial charge >= 0.3 is 0 Å². The summed E-state index contributed by atoms with van der Waals surface area (Å²) in [6.45, 7) is 7.37. The quantitative estimate of drug-likeness (QED) is 0.786. The second-order valence-electron chi connectivity index (χ2n) is 4.87. The average molecular weight is 336 g/mol. The molecule has 0 fully saturated rings. The molecule has 0 aliphatic rings. The molecule has 0 N–H and O–H groups in total. The van der Waals surface area contributed by atoms with Crippen molar-refractivity contribution in [3.63, 3.8) is 0 Å². The molecular weight excluding hydrogens is 318 g/mol. The molecule has 0 saturated carbocycles. The van der Waals surface area contributed by atoms with Gasteiger partial charge in [0.1, 0.15) is 0 Å². The highest BCUT2D eigenvalue weighted by Crippen LogP contribution is 2.23. The standard InChI is InChI=1S/C15H18BrN3O/c1-11-8-14(16)4-5-15(11)18(10-20)6-7-19-13(3)12(2)9-17-19/h4-5,8-10H,6-7H2,1-3H3. The molecule has 0 radical (unpaired) electrons. The van der Waals surface area contributed by atoms with Gasteiger partial charge in [0.25, 0.3) is 0 Å². The van der Waals surface area contributed by atoms with E-state index in [4.69, 9.17) is 0 Å². The van der Waals surface area contributed by atoms with Crippen LogP contribution in [0.1, 0.15) is 16.8 Å². The number of amides is 1. The molecule has 2 aromatic rings. The minimum atomic E-state index is 0.605. The molecule has 0 aliphatic carbocycles. The second kappa shape index (κ2) is 6.22. The normalized spacial score (nSPS) is 10.6. The van der Waals surface area contributed by atoms with Crippen LogP contribution < -0.4 is 4.90 Å². The van der Waals surface area contributed by atoms with E-state index in [2.05, 4.69) is 21.0 Å². The van der Waals surface area contributed by atoms with Crippen LogP contribution in [0.5, 0.6) is 0 Å². The molecule has 5 heteroatoms. The number of hydrogen-bond acceptors (Lipinski definition) is 2. The third-order valence-electron chi connectivity index (χ3n) is 3.50. The highest BCUT2D eigenvalue weighted by molar-refractivity contribution is 9.10. The first-order valence-electron chi connectivity index (χ1n) is 6.50. The van der Waals surface area contributed by atoms with Gasteiger partial charge in [-0.1, -0.05) is 15.9 Å². The van der Waals surface area contributed by atoms with E-state index in [0.717, 1.165) is 27.8 Å². The van der Waals surface area contributed by atoms with E-state index >= 15 is 0 Å². The molecule has 1 aromatic carbocycles. The minimum Gasteiger partial charge on any atom is -0.313 e. The van der Waals surface area contributed by atoms with Gasteiger partial charge in [0.15, 0.2) is 0 Å². The highest BCUT2D eigenvalue weighted by Gasteiger charge is 2.10. The number of anilines is 1. The Hall–Kier alpha value is -1.62. The van der Waals surface area contributed by atoms with Gasteiger partial charge in [0.2, 0.25) is 6.41 Å². The fourth-order valence-electron chi connectivity index (χ4n) is 2.14. The molecule has 0 unspecified atom stereocenters. The van der Waals surface area contributed by atoms with E-state index in [1.807, 2.05) is 49.8 Å². The molecular formula is C15H18BrN3O. The number of nitrogens with zero attached hydrogens (tertiary/aromatic N) is 3. The van der Waals surface area contributed by atoms with Crippen molar-refractivity contribution in [2.45, 2.75) is 27.3 Å². The molecule has 0 aliphatic heterocycles. The monoisotopic (exact) mass is 335 g/mol. The van der Waals surface area contributed by atoms with E-state index in [1.54, 1.807) is 4.90 Å². The van der Waals surface area contributed by atoms with Crippen LogP contribution >= 0.6 is 15.9 Å². The van der Waals surface area contributed by atoms with Crippen molar-refractivity contribution in [3.8, 4) is 0 Å². The third-order valence-corrected chi connectivity index (χ3v) is 3.99. The van der Waals surface area contributed by atoms with Crippen LogP contribution in [-0.2, 0) is 11.3 Å². The number of aromatic nitrogens is 2. The number of rotatable bonds is 5. The summed E-state index contributed by atoms with van der Waals surface area (Å²) in [5.41, 5.74) is 4.32. The maximum atomic E-state index is 11.3. The van der Waals surface area contributed by atoms with Crippen molar-refractivity contribution >= 4 is 28.0 Å². The number of carbonyl (C=O) groups excluding carboxylic acids is 1. The number of benzene rings is 1. The zero-order valence-corrected chi connectivity index (χ0v) is 13.5. The summed E-state index contributed by atoms with van der Waals surface area (Å²) in [6, 6.07) is 5.91. The average Bonchev–Trinajstić information content (AvgIpc) is 2.73. The number of aryl methyl sites for hydroxylation is 2. The Kier molecular flexibility index (Phi) is 4.60. The number of carbonyl (C=O) groups is 1. The SMILES string of the molecule is Cc1cc(Br)ccc1N(C=O)CCn1ncc(C)c1C. The molecule has 1 amide bonds. The van der Waals surface area contributed by atoms with Gasteiger partial charge in [-0.15, -0.1) is 0 Å². The summed E-state index contributed by atoms with van der Waals surface area (Å²) in [4.78, 5) is 13.1. The van der Waals surface area contributed by atoms with E-state index in [0.29, 0.717) is 13.1 Å². The van der Waals surface area contributed by atoms with Gasteiger partial charge in [0.05, 0.1) is 12.7 Å². The third kappa shape index (κ3) is 3.10. The highest BCUT2D eigenvalue weighted by atomic mass is 79.9. The van der Waals surface area contributed by atoms with Crippen LogP contribution in [0.4, 0.5) is 5.69 Å². The second-order valence-corrected chi connectivity index (χ2v) is 5.78. The Labute approximate surface area is 127 Å². The zero-order valence-electron chi connectivity index (χ0n) is 11.9. The molecule has 4 nitrogen and oxygen atoms in total. The lowest BCUT2D eigenvalue weighted by Crippen LogP contribution is -2.27. The Morgan fingerprint density at radius 3 is 2.60 bits per heavy atom. The van der Waals surface area contributed by atoms with Gasteiger partial charge in [-0.25, -0.2) is 0 Å². The lowest BCUT2D eigenvalue weighted by Gasteiger charge is -2.20. The van der Waals surface area contributed by atoms with Crippen LogP contribution in [0.2, 0.25) is 0 Å². The van der Waals surface area contributed by atoms with Gasteiger partial charge < -0.3 is 4.90 Å². The predicted octanol–water partition coefficient (Wildman–Crippen LogP) is 3.23. The topological polar surface area (TPSA) is 38.1 Å². The Morgan fingerprint density at radius 2 is 2.05 bits per heavy atom. The van der Waals surface area contributed by atoms with Gasteiger partial charge in [-0.05, 0) is 50.1 Å². The molecule has 0 atom stereocenters. The van der Waals surface area contributed by atoms with Crippen LogP contribution in [0.3, 0.4) is 0 Å². The predicted molar refractivity (Wildman–Crippen MR) is 84.0 cm³/mol. The Balaban J connectivity index is 2.13. The molecule has 1 heterocycles. The lowest BCUT2D eigenvalue weighted by molar-refractivity contribution is -0.107. The minimum absolute atomic E-state index is 0.605. The molecule has 1 aromatic heterocycles. The molecule has 2 rings (SSSR count). The van der Waals surface area contributed by atoms with E-state index in [9.17, 15) is 4.79 Å². The first-order chi connectivity index (χ1) is 9.52. The van der Waals surface area contributed by atoms with Crippen LogP contribution in [0, 0.1) is 20.8 Å². The van der Waals surface area contributed by atoms with Crippen molar-refractivity contribution in [2.24, 2.45) is 0 Å². The first-order valence-corrected chi connectivity index (χ1v) is 7.29. The van der Waals surface area contributed by atoms with Crippen LogP contribution in [-0.4, -0.2) is 22.7 Å². The van der Waals surface area contributed by atoms with Crippen molar-refractivity contribution in [2.75, 3.05) is 11.4 Å². The molecule has 20 heavy (non-hydrogen) atoms. The lowest BCUT2D eigenvalue weighted by atomic mass is 10.2. The summed E-state index contributed by atoms with van der Waals surface area (Å²) < 4.78 is 2.95. The fourth-order valence-corrected chi connectivity index (χ4v) is 2.61. The maximum Gasteiger partial charge on any atom is 0.214 e. The smallest absolute Gasteiger partial charge is 0.214 e. The number of hydrogen-bond donors (Lipinski definition) is 0. The van der Waals surface area contributed by atoms with Crippen molar-refractivity contribution in [3.05, 3.63) is 45.7 Å².